The lowest BCUT2D eigenvalue weighted by atomic mass is 10.1. The zero-order valence-electron chi connectivity index (χ0n) is 10.4. The number of nitrogens with zero attached hydrogens (tertiary/aromatic N) is 2. The maximum Gasteiger partial charge on any atom is 0.238 e. The quantitative estimate of drug-likeness (QED) is 0.379. The Morgan fingerprint density at radius 1 is 1.37 bits per heavy atom. The first-order chi connectivity index (χ1) is 9.17. The topological polar surface area (TPSA) is 80.9 Å². The number of hydrogen-bond acceptors (Lipinski definition) is 6. The van der Waals surface area contributed by atoms with E-state index < -0.39 is 0 Å². The minimum absolute atomic E-state index is 0.188. The number of aromatic nitrogens is 2. The van der Waals surface area contributed by atoms with Gasteiger partial charge in [0.2, 0.25) is 5.91 Å². The number of aryl methyl sites for hydroxylation is 1. The van der Waals surface area contributed by atoms with E-state index >= 15 is 0 Å². The standard InChI is InChI=1S/C12H14N4OS2/c1-8-14-12(19-16-8)18-7-10-4-2-9(3-5-10)6-11(17)15-13/h2-5H,6-7,13H2,1H3,(H,15,17). The van der Waals surface area contributed by atoms with Crippen LogP contribution in [-0.2, 0) is 17.0 Å². The van der Waals surface area contributed by atoms with Gasteiger partial charge in [0.25, 0.3) is 0 Å². The van der Waals surface area contributed by atoms with Crippen LogP contribution in [0, 0.1) is 6.92 Å². The van der Waals surface area contributed by atoms with Gasteiger partial charge in [-0.25, -0.2) is 10.8 Å². The van der Waals surface area contributed by atoms with Crippen LogP contribution in [0.1, 0.15) is 17.0 Å². The van der Waals surface area contributed by atoms with Gasteiger partial charge in [0.05, 0.1) is 6.42 Å². The monoisotopic (exact) mass is 294 g/mol. The molecule has 0 radical (unpaired) electrons. The number of rotatable bonds is 5. The van der Waals surface area contributed by atoms with Gasteiger partial charge in [0, 0.05) is 5.75 Å². The number of nitrogens with one attached hydrogen (secondary N) is 1. The highest BCUT2D eigenvalue weighted by Gasteiger charge is 2.03. The van der Waals surface area contributed by atoms with Gasteiger partial charge < -0.3 is 0 Å². The molecule has 2 rings (SSSR count). The summed E-state index contributed by atoms with van der Waals surface area (Å²) < 4.78 is 5.11. The second kappa shape index (κ2) is 6.65. The minimum Gasteiger partial charge on any atom is -0.294 e. The van der Waals surface area contributed by atoms with Crippen molar-refractivity contribution in [2.45, 2.75) is 23.4 Å². The molecule has 0 fully saturated rings. The summed E-state index contributed by atoms with van der Waals surface area (Å²) in [5.74, 6) is 6.52. The van der Waals surface area contributed by atoms with Crippen LogP contribution >= 0.6 is 23.3 Å². The lowest BCUT2D eigenvalue weighted by Crippen LogP contribution is -2.31. The predicted octanol–water partition coefficient (Wildman–Crippen LogP) is 1.67. The van der Waals surface area contributed by atoms with Gasteiger partial charge in [-0.15, -0.1) is 0 Å². The summed E-state index contributed by atoms with van der Waals surface area (Å²) >= 11 is 3.08. The second-order valence-corrected chi connectivity index (χ2v) is 5.93. The average Bonchev–Trinajstić information content (AvgIpc) is 2.83. The van der Waals surface area contributed by atoms with Crippen molar-refractivity contribution in [1.82, 2.24) is 14.8 Å². The molecule has 2 aromatic rings. The Kier molecular flexibility index (Phi) is 4.89. The lowest BCUT2D eigenvalue weighted by Gasteiger charge is -2.02. The lowest BCUT2D eigenvalue weighted by molar-refractivity contribution is -0.120. The van der Waals surface area contributed by atoms with Crippen molar-refractivity contribution >= 4 is 29.2 Å². The van der Waals surface area contributed by atoms with E-state index in [4.69, 9.17) is 5.84 Å². The molecule has 1 aromatic heterocycles. The molecule has 0 aliphatic rings. The van der Waals surface area contributed by atoms with Crippen molar-refractivity contribution in [1.29, 1.82) is 0 Å². The number of carbonyl (C=O) groups excluding carboxylic acids is 1. The molecule has 1 amide bonds. The first-order valence-corrected chi connectivity index (χ1v) is 7.43. The van der Waals surface area contributed by atoms with E-state index in [1.165, 1.54) is 17.1 Å². The van der Waals surface area contributed by atoms with Gasteiger partial charge in [-0.2, -0.15) is 4.37 Å². The fourth-order valence-corrected chi connectivity index (χ4v) is 3.07. The van der Waals surface area contributed by atoms with Crippen molar-refractivity contribution in [2.75, 3.05) is 0 Å². The van der Waals surface area contributed by atoms with Gasteiger partial charge in [0.1, 0.15) is 5.82 Å². The van der Waals surface area contributed by atoms with Gasteiger partial charge in [-0.3, -0.25) is 10.2 Å². The maximum atomic E-state index is 11.1. The molecule has 3 N–H and O–H groups in total. The molecular formula is C12H14N4OS2. The van der Waals surface area contributed by atoms with Crippen molar-refractivity contribution in [3.05, 3.63) is 41.2 Å². The summed E-state index contributed by atoms with van der Waals surface area (Å²) in [6.45, 7) is 1.89. The molecule has 0 saturated carbocycles. The van der Waals surface area contributed by atoms with Crippen molar-refractivity contribution in [2.24, 2.45) is 5.84 Å². The molecule has 1 heterocycles. The Morgan fingerprint density at radius 2 is 2.05 bits per heavy atom. The fourth-order valence-electron chi connectivity index (χ4n) is 1.47. The molecule has 0 spiro atoms. The first-order valence-electron chi connectivity index (χ1n) is 5.68. The molecule has 1 aromatic carbocycles. The third-order valence-electron chi connectivity index (χ3n) is 2.42. The molecular weight excluding hydrogens is 280 g/mol. The molecule has 100 valence electrons. The van der Waals surface area contributed by atoms with E-state index in [0.29, 0.717) is 6.42 Å². The molecule has 0 saturated heterocycles. The summed E-state index contributed by atoms with van der Waals surface area (Å²) in [6, 6.07) is 7.91. The number of hydrogen-bond donors (Lipinski definition) is 2. The second-order valence-electron chi connectivity index (χ2n) is 3.96. The van der Waals surface area contributed by atoms with E-state index in [0.717, 1.165) is 21.5 Å². The fraction of sp³-hybridized carbons (Fsp3) is 0.250. The highest BCUT2D eigenvalue weighted by atomic mass is 32.2. The van der Waals surface area contributed by atoms with Crippen molar-refractivity contribution in [3.8, 4) is 0 Å². The summed E-state index contributed by atoms with van der Waals surface area (Å²) in [7, 11) is 0. The van der Waals surface area contributed by atoms with E-state index in [2.05, 4.69) is 14.8 Å². The van der Waals surface area contributed by atoms with Crippen LogP contribution in [0.15, 0.2) is 28.6 Å². The Labute approximate surface area is 119 Å². The van der Waals surface area contributed by atoms with E-state index in [1.54, 1.807) is 11.8 Å². The molecule has 0 unspecified atom stereocenters. The molecule has 5 nitrogen and oxygen atoms in total. The van der Waals surface area contributed by atoms with E-state index in [-0.39, 0.29) is 5.91 Å². The number of amides is 1. The smallest absolute Gasteiger partial charge is 0.238 e. The highest BCUT2D eigenvalue weighted by Crippen LogP contribution is 2.24. The molecule has 0 aliphatic heterocycles. The Morgan fingerprint density at radius 3 is 2.63 bits per heavy atom. The van der Waals surface area contributed by atoms with Crippen LogP contribution in [0.25, 0.3) is 0 Å². The number of thioether (sulfide) groups is 1. The molecule has 0 aliphatic carbocycles. The normalized spacial score (nSPS) is 10.4. The van der Waals surface area contributed by atoms with Crippen LogP contribution in [0.5, 0.6) is 0 Å². The van der Waals surface area contributed by atoms with Gasteiger partial charge in [0.15, 0.2) is 4.34 Å². The number of benzene rings is 1. The van der Waals surface area contributed by atoms with Gasteiger partial charge in [-0.1, -0.05) is 36.0 Å². The van der Waals surface area contributed by atoms with Gasteiger partial charge in [-0.05, 0) is 29.6 Å². The molecule has 7 heteroatoms. The summed E-state index contributed by atoms with van der Waals surface area (Å²) in [5.41, 5.74) is 4.26. The number of hydrazine groups is 1. The summed E-state index contributed by atoms with van der Waals surface area (Å²) in [5, 5.41) is 0. The highest BCUT2D eigenvalue weighted by molar-refractivity contribution is 8.00. The van der Waals surface area contributed by atoms with E-state index in [1.807, 2.05) is 31.2 Å². The van der Waals surface area contributed by atoms with Crippen molar-refractivity contribution in [3.63, 3.8) is 0 Å². The summed E-state index contributed by atoms with van der Waals surface area (Å²) in [6.07, 6.45) is 0.305. The maximum absolute atomic E-state index is 11.1. The number of carbonyl (C=O) groups is 1. The average molecular weight is 294 g/mol. The molecule has 19 heavy (non-hydrogen) atoms. The zero-order valence-corrected chi connectivity index (χ0v) is 12.1. The zero-order chi connectivity index (χ0) is 13.7. The molecule has 0 atom stereocenters. The first kappa shape index (κ1) is 14.0. The van der Waals surface area contributed by atoms with Crippen molar-refractivity contribution < 1.29 is 4.79 Å². The SMILES string of the molecule is Cc1nsc(SCc2ccc(CC(=O)NN)cc2)n1. The van der Waals surface area contributed by atoms with Crippen LogP contribution < -0.4 is 11.3 Å². The van der Waals surface area contributed by atoms with Gasteiger partial charge >= 0.3 is 0 Å². The Bertz CT molecular complexity index is 553. The largest absolute Gasteiger partial charge is 0.294 e. The molecule has 0 bridgehead atoms. The van der Waals surface area contributed by atoms with Crippen LogP contribution in [0.3, 0.4) is 0 Å². The Balaban J connectivity index is 1.89. The minimum atomic E-state index is -0.188. The third kappa shape index (κ3) is 4.30. The van der Waals surface area contributed by atoms with Crippen LogP contribution in [-0.4, -0.2) is 15.3 Å². The third-order valence-corrected chi connectivity index (χ3v) is 4.42. The van der Waals surface area contributed by atoms with Crippen LogP contribution in [0.2, 0.25) is 0 Å². The van der Waals surface area contributed by atoms with Crippen LogP contribution in [0.4, 0.5) is 0 Å². The number of nitrogens with two attached hydrogens (primary N) is 1. The Hall–Kier alpha value is -1.44. The van der Waals surface area contributed by atoms with E-state index in [9.17, 15) is 4.79 Å². The predicted molar refractivity (Wildman–Crippen MR) is 76.7 cm³/mol. The summed E-state index contributed by atoms with van der Waals surface area (Å²) in [4.78, 5) is 15.4.